The molecule has 2 N–H and O–H groups in total. The smallest absolute Gasteiger partial charge is 0.0231 e. The molecule has 13 heavy (non-hydrogen) atoms. The number of thioether (sulfide) groups is 1. The Labute approximate surface area is 86.2 Å². The third kappa shape index (κ3) is 3.88. The maximum atomic E-state index is 5.94. The fourth-order valence-corrected chi connectivity index (χ4v) is 2.91. The van der Waals surface area contributed by atoms with Crippen molar-refractivity contribution in [2.24, 2.45) is 5.73 Å². The maximum absolute atomic E-state index is 5.94. The van der Waals surface area contributed by atoms with Gasteiger partial charge in [-0.05, 0) is 20.3 Å². The van der Waals surface area contributed by atoms with Crippen LogP contribution in [0.4, 0.5) is 0 Å². The van der Waals surface area contributed by atoms with Crippen molar-refractivity contribution in [1.82, 2.24) is 4.90 Å². The van der Waals surface area contributed by atoms with Gasteiger partial charge in [0.2, 0.25) is 0 Å². The molecular formula is C10H22N2S. The summed E-state index contributed by atoms with van der Waals surface area (Å²) >= 11 is 2.08. The molecule has 1 saturated heterocycles. The Bertz CT molecular complexity index is 159. The van der Waals surface area contributed by atoms with Gasteiger partial charge in [0.25, 0.3) is 0 Å². The standard InChI is InChI=1S/C10H22N2S/c1-4-9(11)7-12-5-6-13-10(2,3)8-12/h9H,4-8,11H2,1-3H3/t9-/m0/s1. The highest BCUT2D eigenvalue weighted by molar-refractivity contribution is 8.00. The fraction of sp³-hybridized carbons (Fsp3) is 1.00. The van der Waals surface area contributed by atoms with E-state index in [0.717, 1.165) is 13.0 Å². The van der Waals surface area contributed by atoms with Crippen molar-refractivity contribution in [3.63, 3.8) is 0 Å². The van der Waals surface area contributed by atoms with Gasteiger partial charge in [0.05, 0.1) is 0 Å². The van der Waals surface area contributed by atoms with Crippen LogP contribution in [0.15, 0.2) is 0 Å². The van der Waals surface area contributed by atoms with E-state index >= 15 is 0 Å². The summed E-state index contributed by atoms with van der Waals surface area (Å²) in [4.78, 5) is 2.50. The lowest BCUT2D eigenvalue weighted by atomic mass is 10.1. The van der Waals surface area contributed by atoms with Gasteiger partial charge in [-0.1, -0.05) is 6.92 Å². The molecule has 3 heteroatoms. The lowest BCUT2D eigenvalue weighted by molar-refractivity contribution is 0.243. The number of hydrogen-bond donors (Lipinski definition) is 1. The van der Waals surface area contributed by atoms with E-state index in [1.54, 1.807) is 0 Å². The second-order valence-corrected chi connectivity index (χ2v) is 6.31. The average Bonchev–Trinajstić information content (AvgIpc) is 2.02. The van der Waals surface area contributed by atoms with E-state index in [9.17, 15) is 0 Å². The van der Waals surface area contributed by atoms with Gasteiger partial charge in [-0.25, -0.2) is 0 Å². The molecule has 0 saturated carbocycles. The van der Waals surface area contributed by atoms with Gasteiger partial charge in [-0.3, -0.25) is 4.90 Å². The Kier molecular flexibility index (Phi) is 4.07. The quantitative estimate of drug-likeness (QED) is 0.753. The fourth-order valence-electron chi connectivity index (χ4n) is 1.73. The zero-order valence-electron chi connectivity index (χ0n) is 9.05. The Balaban J connectivity index is 2.34. The molecule has 0 bridgehead atoms. The summed E-state index contributed by atoms with van der Waals surface area (Å²) in [6.45, 7) is 10.3. The summed E-state index contributed by atoms with van der Waals surface area (Å²) in [5.41, 5.74) is 5.94. The molecule has 0 aromatic carbocycles. The molecule has 1 rings (SSSR count). The van der Waals surface area contributed by atoms with Crippen LogP contribution in [0.25, 0.3) is 0 Å². The molecule has 1 fully saturated rings. The van der Waals surface area contributed by atoms with E-state index in [0.29, 0.717) is 10.8 Å². The van der Waals surface area contributed by atoms with Crippen molar-refractivity contribution in [3.05, 3.63) is 0 Å². The van der Waals surface area contributed by atoms with Crippen LogP contribution in [-0.2, 0) is 0 Å². The number of hydrogen-bond acceptors (Lipinski definition) is 3. The molecule has 2 nitrogen and oxygen atoms in total. The van der Waals surface area contributed by atoms with Crippen LogP contribution in [0.5, 0.6) is 0 Å². The van der Waals surface area contributed by atoms with E-state index in [1.807, 2.05) is 0 Å². The molecule has 1 aliphatic rings. The number of nitrogens with zero attached hydrogens (tertiary/aromatic N) is 1. The predicted octanol–water partition coefficient (Wildman–Crippen LogP) is 1.55. The van der Waals surface area contributed by atoms with Gasteiger partial charge in [0.15, 0.2) is 0 Å². The highest BCUT2D eigenvalue weighted by Crippen LogP contribution is 2.29. The van der Waals surface area contributed by atoms with Crippen LogP contribution >= 0.6 is 11.8 Å². The summed E-state index contributed by atoms with van der Waals surface area (Å²) in [5, 5.41) is 0. The van der Waals surface area contributed by atoms with E-state index in [1.165, 1.54) is 18.8 Å². The van der Waals surface area contributed by atoms with Crippen molar-refractivity contribution in [2.45, 2.75) is 38.0 Å². The summed E-state index contributed by atoms with van der Waals surface area (Å²) < 4.78 is 0.422. The first-order chi connectivity index (χ1) is 6.03. The Morgan fingerprint density at radius 2 is 2.23 bits per heavy atom. The Morgan fingerprint density at radius 1 is 1.54 bits per heavy atom. The predicted molar refractivity (Wildman–Crippen MR) is 61.2 cm³/mol. The van der Waals surface area contributed by atoms with Crippen molar-refractivity contribution < 1.29 is 0 Å². The minimum Gasteiger partial charge on any atom is -0.327 e. The second kappa shape index (κ2) is 4.67. The first-order valence-electron chi connectivity index (χ1n) is 5.15. The topological polar surface area (TPSA) is 29.3 Å². The average molecular weight is 202 g/mol. The molecule has 0 spiro atoms. The van der Waals surface area contributed by atoms with Gasteiger partial charge in [-0.2, -0.15) is 11.8 Å². The third-order valence-corrected chi connectivity index (χ3v) is 3.82. The normalized spacial score (nSPS) is 25.8. The van der Waals surface area contributed by atoms with E-state index < -0.39 is 0 Å². The van der Waals surface area contributed by atoms with Crippen LogP contribution in [0, 0.1) is 0 Å². The molecule has 1 heterocycles. The molecule has 0 amide bonds. The van der Waals surface area contributed by atoms with Crippen molar-refractivity contribution >= 4 is 11.8 Å². The maximum Gasteiger partial charge on any atom is 0.0231 e. The largest absolute Gasteiger partial charge is 0.327 e. The van der Waals surface area contributed by atoms with E-state index in [4.69, 9.17) is 5.73 Å². The summed E-state index contributed by atoms with van der Waals surface area (Å²) in [6.07, 6.45) is 1.09. The monoisotopic (exact) mass is 202 g/mol. The zero-order chi connectivity index (χ0) is 9.90. The minimum absolute atomic E-state index is 0.360. The van der Waals surface area contributed by atoms with Crippen LogP contribution < -0.4 is 5.73 Å². The molecule has 0 radical (unpaired) electrons. The van der Waals surface area contributed by atoms with Crippen LogP contribution in [0.2, 0.25) is 0 Å². The molecule has 1 atom stereocenters. The van der Waals surface area contributed by atoms with E-state index in [2.05, 4.69) is 37.4 Å². The van der Waals surface area contributed by atoms with Crippen LogP contribution in [0.3, 0.4) is 0 Å². The minimum atomic E-state index is 0.360. The number of rotatable bonds is 3. The highest BCUT2D eigenvalue weighted by atomic mass is 32.2. The SMILES string of the molecule is CC[C@H](N)CN1CCSC(C)(C)C1. The van der Waals surface area contributed by atoms with Gasteiger partial charge in [-0.15, -0.1) is 0 Å². The van der Waals surface area contributed by atoms with Crippen molar-refractivity contribution in [2.75, 3.05) is 25.4 Å². The number of nitrogens with two attached hydrogens (primary N) is 1. The molecule has 0 aliphatic carbocycles. The van der Waals surface area contributed by atoms with Crippen LogP contribution in [0.1, 0.15) is 27.2 Å². The van der Waals surface area contributed by atoms with Gasteiger partial charge in [0.1, 0.15) is 0 Å². The van der Waals surface area contributed by atoms with Crippen molar-refractivity contribution in [1.29, 1.82) is 0 Å². The molecule has 0 unspecified atom stereocenters. The second-order valence-electron chi connectivity index (χ2n) is 4.51. The first-order valence-corrected chi connectivity index (χ1v) is 6.14. The van der Waals surface area contributed by atoms with Gasteiger partial charge < -0.3 is 5.73 Å². The molecule has 1 aliphatic heterocycles. The summed E-state index contributed by atoms with van der Waals surface area (Å²) in [5.74, 6) is 1.25. The van der Waals surface area contributed by atoms with Crippen LogP contribution in [-0.4, -0.2) is 41.1 Å². The molecule has 0 aromatic rings. The van der Waals surface area contributed by atoms with Crippen molar-refractivity contribution in [3.8, 4) is 0 Å². The Morgan fingerprint density at radius 3 is 2.77 bits per heavy atom. The third-order valence-electron chi connectivity index (χ3n) is 2.52. The first kappa shape index (κ1) is 11.3. The van der Waals surface area contributed by atoms with Gasteiger partial charge >= 0.3 is 0 Å². The summed E-state index contributed by atoms with van der Waals surface area (Å²) in [6, 6.07) is 0.360. The highest BCUT2D eigenvalue weighted by Gasteiger charge is 2.27. The molecule has 0 aromatic heterocycles. The zero-order valence-corrected chi connectivity index (χ0v) is 9.86. The van der Waals surface area contributed by atoms with Gasteiger partial charge in [0, 0.05) is 36.2 Å². The summed E-state index contributed by atoms with van der Waals surface area (Å²) in [7, 11) is 0. The lowest BCUT2D eigenvalue weighted by Crippen LogP contribution is -2.47. The molecule has 78 valence electrons. The Hall–Kier alpha value is 0.270. The molecular weight excluding hydrogens is 180 g/mol. The lowest BCUT2D eigenvalue weighted by Gasteiger charge is -2.38. The van der Waals surface area contributed by atoms with E-state index in [-0.39, 0.29) is 0 Å².